The number of nitrogens with zero attached hydrogens (tertiary/aromatic N) is 2. The number of piperidine rings is 2. The third kappa shape index (κ3) is 3.23. The second-order valence-corrected chi connectivity index (χ2v) is 10.9. The maximum absolute atomic E-state index is 13.5. The molecule has 166 valence electrons. The molecular formula is C26H34N2O3. The first-order valence-corrected chi connectivity index (χ1v) is 12.2. The minimum Gasteiger partial charge on any atom is -0.395 e. The summed E-state index contributed by atoms with van der Waals surface area (Å²) in [4.78, 5) is 15.7. The van der Waals surface area contributed by atoms with Crippen LogP contribution in [-0.2, 0) is 11.3 Å². The van der Waals surface area contributed by atoms with Gasteiger partial charge in [-0.3, -0.25) is 4.79 Å². The summed E-state index contributed by atoms with van der Waals surface area (Å²) in [7, 11) is 0. The van der Waals surface area contributed by atoms with Gasteiger partial charge < -0.3 is 19.7 Å². The van der Waals surface area contributed by atoms with Gasteiger partial charge in [0.2, 0.25) is 5.91 Å². The second kappa shape index (κ2) is 7.08. The largest absolute Gasteiger partial charge is 0.395 e. The summed E-state index contributed by atoms with van der Waals surface area (Å²) in [5, 5.41) is 21.7. The maximum atomic E-state index is 13.5. The number of aliphatic hydroxyl groups excluding tert-OH is 1. The van der Waals surface area contributed by atoms with E-state index in [1.807, 2.05) is 0 Å². The quantitative estimate of drug-likeness (QED) is 0.742. The van der Waals surface area contributed by atoms with Crippen LogP contribution in [0.1, 0.15) is 81.3 Å². The zero-order chi connectivity index (χ0) is 21.3. The van der Waals surface area contributed by atoms with Gasteiger partial charge >= 0.3 is 0 Å². The van der Waals surface area contributed by atoms with Crippen molar-refractivity contribution >= 4 is 16.8 Å². The van der Waals surface area contributed by atoms with Crippen molar-refractivity contribution in [2.75, 3.05) is 6.61 Å². The highest BCUT2D eigenvalue weighted by molar-refractivity contribution is 5.89. The van der Waals surface area contributed by atoms with Crippen LogP contribution in [0.2, 0.25) is 0 Å². The van der Waals surface area contributed by atoms with Crippen LogP contribution in [-0.4, -0.2) is 49.9 Å². The minimum atomic E-state index is -0.518. The number of fused-ring (bicyclic) bond motifs is 1. The highest BCUT2D eigenvalue weighted by atomic mass is 16.3. The van der Waals surface area contributed by atoms with E-state index < -0.39 is 5.60 Å². The van der Waals surface area contributed by atoms with E-state index in [9.17, 15) is 15.0 Å². The molecule has 1 amide bonds. The Morgan fingerprint density at radius 1 is 1.19 bits per heavy atom. The Morgan fingerprint density at radius 3 is 2.58 bits per heavy atom. The van der Waals surface area contributed by atoms with Crippen LogP contribution < -0.4 is 0 Å². The van der Waals surface area contributed by atoms with Gasteiger partial charge in [0.1, 0.15) is 0 Å². The molecule has 1 aromatic carbocycles. The van der Waals surface area contributed by atoms with Crippen LogP contribution >= 0.6 is 0 Å². The molecule has 7 rings (SSSR count). The van der Waals surface area contributed by atoms with Crippen molar-refractivity contribution in [2.24, 2.45) is 5.92 Å². The highest BCUT2D eigenvalue weighted by Crippen LogP contribution is 2.52. The van der Waals surface area contributed by atoms with Crippen LogP contribution in [0.15, 0.2) is 24.4 Å². The highest BCUT2D eigenvalue weighted by Gasteiger charge is 2.55. The van der Waals surface area contributed by atoms with E-state index >= 15 is 0 Å². The predicted molar refractivity (Wildman–Crippen MR) is 120 cm³/mol. The van der Waals surface area contributed by atoms with Crippen molar-refractivity contribution in [3.8, 4) is 0 Å². The number of hydrogen-bond acceptors (Lipinski definition) is 3. The number of carbonyl (C=O) groups excluding carboxylic acids is 1. The van der Waals surface area contributed by atoms with Crippen molar-refractivity contribution < 1.29 is 15.0 Å². The molecule has 2 N–H and O–H groups in total. The number of rotatable bonds is 6. The van der Waals surface area contributed by atoms with Crippen molar-refractivity contribution in [3.05, 3.63) is 35.5 Å². The van der Waals surface area contributed by atoms with Crippen LogP contribution in [0.3, 0.4) is 0 Å². The zero-order valence-electron chi connectivity index (χ0n) is 18.5. The number of aromatic nitrogens is 1. The van der Waals surface area contributed by atoms with Crippen molar-refractivity contribution in [2.45, 2.75) is 94.4 Å². The number of aliphatic hydroxyl groups is 2. The third-order valence-electron chi connectivity index (χ3n) is 8.52. The van der Waals surface area contributed by atoms with Crippen LogP contribution in [0.4, 0.5) is 0 Å². The molecule has 4 bridgehead atoms. The zero-order valence-corrected chi connectivity index (χ0v) is 18.5. The summed E-state index contributed by atoms with van der Waals surface area (Å²) >= 11 is 0. The molecule has 5 aliphatic rings. The van der Waals surface area contributed by atoms with Gasteiger partial charge in [-0.15, -0.1) is 0 Å². The number of hydrogen-bond donors (Lipinski definition) is 2. The standard InChI is InChI=1S/C26H34N2O3/c1-16(9-24(30)28-19-10-17-11-20(28)14-26(31,12-17)13-19)22-15-27(7-8-29)23-4-2-3-21(25(22)23)18-5-6-18/h2-4,15-20,29,31H,5-14H2,1H3. The van der Waals surface area contributed by atoms with E-state index in [0.717, 1.165) is 32.1 Å². The molecule has 0 spiro atoms. The normalized spacial score (nSPS) is 32.7. The molecule has 2 aliphatic heterocycles. The molecule has 3 saturated carbocycles. The first-order valence-electron chi connectivity index (χ1n) is 12.2. The maximum Gasteiger partial charge on any atom is 0.223 e. The van der Waals surface area contributed by atoms with Crippen molar-refractivity contribution in [3.63, 3.8) is 0 Å². The van der Waals surface area contributed by atoms with Gasteiger partial charge in [-0.05, 0) is 79.9 Å². The fraction of sp³-hybridized carbons (Fsp3) is 0.654. The Hall–Kier alpha value is -1.85. The monoisotopic (exact) mass is 422 g/mol. The van der Waals surface area contributed by atoms with Gasteiger partial charge in [0.15, 0.2) is 0 Å². The van der Waals surface area contributed by atoms with Crippen molar-refractivity contribution in [1.82, 2.24) is 9.47 Å². The summed E-state index contributed by atoms with van der Waals surface area (Å²) in [5.74, 6) is 1.64. The molecule has 3 heterocycles. The van der Waals surface area contributed by atoms with E-state index in [4.69, 9.17) is 0 Å². The molecule has 0 radical (unpaired) electrons. The predicted octanol–water partition coefficient (Wildman–Crippen LogP) is 3.91. The van der Waals surface area contributed by atoms with Crippen molar-refractivity contribution in [1.29, 1.82) is 0 Å². The fourth-order valence-corrected chi connectivity index (χ4v) is 7.28. The molecule has 3 unspecified atom stereocenters. The second-order valence-electron chi connectivity index (χ2n) is 10.9. The Bertz CT molecular complexity index is 1010. The van der Waals surface area contributed by atoms with Gasteiger partial charge in [-0.1, -0.05) is 19.1 Å². The Labute approximate surface area is 184 Å². The van der Waals surface area contributed by atoms with E-state index in [2.05, 4.69) is 40.8 Å². The van der Waals surface area contributed by atoms with Gasteiger partial charge in [0, 0.05) is 42.1 Å². The first kappa shape index (κ1) is 19.8. The lowest BCUT2D eigenvalue weighted by Crippen LogP contribution is -2.65. The van der Waals surface area contributed by atoms with E-state index in [0.29, 0.717) is 24.8 Å². The average molecular weight is 423 g/mol. The Morgan fingerprint density at radius 2 is 1.94 bits per heavy atom. The molecule has 3 aliphatic carbocycles. The molecule has 2 saturated heterocycles. The lowest BCUT2D eigenvalue weighted by molar-refractivity contribution is -0.174. The van der Waals surface area contributed by atoms with Gasteiger partial charge in [-0.25, -0.2) is 0 Å². The minimum absolute atomic E-state index is 0.116. The molecule has 5 fully saturated rings. The fourth-order valence-electron chi connectivity index (χ4n) is 7.28. The van der Waals surface area contributed by atoms with Crippen LogP contribution in [0, 0.1) is 5.92 Å². The van der Waals surface area contributed by atoms with Gasteiger partial charge in [0.05, 0.1) is 12.2 Å². The first-order chi connectivity index (χ1) is 15.0. The summed E-state index contributed by atoms with van der Waals surface area (Å²) in [6.45, 7) is 2.89. The topological polar surface area (TPSA) is 65.7 Å². The summed E-state index contributed by atoms with van der Waals surface area (Å²) < 4.78 is 2.16. The lowest BCUT2D eigenvalue weighted by Gasteiger charge is -2.59. The Balaban J connectivity index is 1.29. The molecule has 31 heavy (non-hydrogen) atoms. The van der Waals surface area contributed by atoms with Crippen LogP contribution in [0.5, 0.6) is 0 Å². The van der Waals surface area contributed by atoms with Crippen LogP contribution in [0.25, 0.3) is 10.9 Å². The molecule has 2 aromatic rings. The Kier molecular flexibility index (Phi) is 4.52. The van der Waals surface area contributed by atoms with E-state index in [1.165, 1.54) is 34.9 Å². The number of carbonyl (C=O) groups is 1. The summed E-state index contributed by atoms with van der Waals surface area (Å²) in [6.07, 6.45) is 9.81. The number of benzene rings is 1. The third-order valence-corrected chi connectivity index (χ3v) is 8.52. The average Bonchev–Trinajstić information content (AvgIpc) is 3.48. The molecule has 5 heteroatoms. The molecule has 5 nitrogen and oxygen atoms in total. The molecule has 3 atom stereocenters. The number of amides is 1. The van der Waals surface area contributed by atoms with Gasteiger partial charge in [-0.2, -0.15) is 0 Å². The van der Waals surface area contributed by atoms with Gasteiger partial charge in [0.25, 0.3) is 0 Å². The smallest absolute Gasteiger partial charge is 0.223 e. The van der Waals surface area contributed by atoms with E-state index in [-0.39, 0.29) is 30.5 Å². The lowest BCUT2D eigenvalue weighted by atomic mass is 9.61. The summed E-state index contributed by atoms with van der Waals surface area (Å²) in [5.41, 5.74) is 3.34. The SMILES string of the molecule is CC(CC(=O)N1C2CC3CC1CC(O)(C3)C2)c1cn(CCO)c2cccc(C3CC3)c12. The van der Waals surface area contributed by atoms with E-state index in [1.54, 1.807) is 0 Å². The molecular weight excluding hydrogens is 388 g/mol. The summed E-state index contributed by atoms with van der Waals surface area (Å²) in [6, 6.07) is 7.00. The molecule has 1 aromatic heterocycles.